The third-order valence-corrected chi connectivity index (χ3v) is 5.56. The largest absolute Gasteiger partial charge is 0.268 e. The molecule has 0 aliphatic carbocycles. The van der Waals surface area contributed by atoms with Crippen LogP contribution in [0.4, 0.5) is 4.39 Å². The summed E-state index contributed by atoms with van der Waals surface area (Å²) in [5.74, 6) is -0.453. The van der Waals surface area contributed by atoms with Crippen LogP contribution in [0.1, 0.15) is 11.3 Å². The minimum atomic E-state index is -3.79. The van der Waals surface area contributed by atoms with E-state index in [1.54, 1.807) is 61.5 Å². The molecule has 0 radical (unpaired) electrons. The Labute approximate surface area is 135 Å². The Balaban J connectivity index is 2.23. The molecular weight excluding hydrogens is 313 g/mol. The molecule has 0 aliphatic heterocycles. The number of nitrogens with zero attached hydrogens (tertiary/aromatic N) is 1. The normalized spacial score (nSPS) is 11.6. The molecule has 3 rings (SSSR count). The fraction of sp³-hybridized carbons (Fsp3) is 0.111. The zero-order valence-corrected chi connectivity index (χ0v) is 13.6. The highest BCUT2D eigenvalue weighted by Gasteiger charge is 2.23. The summed E-state index contributed by atoms with van der Waals surface area (Å²) in [6.45, 7) is 3.58. The van der Waals surface area contributed by atoms with E-state index in [0.717, 1.165) is 5.56 Å². The molecule has 23 heavy (non-hydrogen) atoms. The summed E-state index contributed by atoms with van der Waals surface area (Å²) < 4.78 is 41.2. The number of hydrogen-bond donors (Lipinski definition) is 0. The molecule has 1 aromatic heterocycles. The van der Waals surface area contributed by atoms with Crippen LogP contribution in [-0.4, -0.2) is 12.4 Å². The van der Waals surface area contributed by atoms with Gasteiger partial charge in [0.2, 0.25) is 0 Å². The molecule has 0 atom stereocenters. The molecule has 0 unspecified atom stereocenters. The van der Waals surface area contributed by atoms with E-state index in [0.29, 0.717) is 11.4 Å². The quantitative estimate of drug-likeness (QED) is 0.724. The van der Waals surface area contributed by atoms with Gasteiger partial charge < -0.3 is 0 Å². The third-order valence-electron chi connectivity index (χ3n) is 3.73. The zero-order chi connectivity index (χ0) is 16.6. The van der Waals surface area contributed by atoms with Crippen molar-refractivity contribution in [3.05, 3.63) is 77.7 Å². The zero-order valence-electron chi connectivity index (χ0n) is 12.8. The lowest BCUT2D eigenvalue weighted by molar-refractivity contribution is 0.586. The maximum Gasteiger partial charge on any atom is 0.268 e. The van der Waals surface area contributed by atoms with Gasteiger partial charge in [-0.15, -0.1) is 0 Å². The molecular formula is C18H16FNO2S. The summed E-state index contributed by atoms with van der Waals surface area (Å²) in [7, 11) is -3.79. The van der Waals surface area contributed by atoms with Gasteiger partial charge in [0.05, 0.1) is 10.6 Å². The predicted molar refractivity (Wildman–Crippen MR) is 88.3 cm³/mol. The van der Waals surface area contributed by atoms with E-state index in [1.165, 1.54) is 10.0 Å². The van der Waals surface area contributed by atoms with Gasteiger partial charge in [0.25, 0.3) is 10.0 Å². The van der Waals surface area contributed by atoms with Crippen molar-refractivity contribution in [1.82, 2.24) is 3.97 Å². The summed E-state index contributed by atoms with van der Waals surface area (Å²) in [5, 5.41) is 0. The number of rotatable bonds is 3. The molecule has 3 aromatic rings. The van der Waals surface area contributed by atoms with E-state index in [9.17, 15) is 12.8 Å². The molecule has 5 heteroatoms. The third kappa shape index (κ3) is 2.68. The van der Waals surface area contributed by atoms with Crippen LogP contribution in [0.2, 0.25) is 0 Å². The van der Waals surface area contributed by atoms with Crippen LogP contribution in [0.5, 0.6) is 0 Å². The summed E-state index contributed by atoms with van der Waals surface area (Å²) in [6.07, 6.45) is 0. The summed E-state index contributed by atoms with van der Waals surface area (Å²) >= 11 is 0. The van der Waals surface area contributed by atoms with Crippen molar-refractivity contribution < 1.29 is 12.8 Å². The smallest absolute Gasteiger partial charge is 0.238 e. The number of halogens is 1. The number of hydrogen-bond acceptors (Lipinski definition) is 2. The highest BCUT2D eigenvalue weighted by Crippen LogP contribution is 2.29. The Morgan fingerprint density at radius 1 is 0.870 bits per heavy atom. The maximum atomic E-state index is 14.1. The molecule has 3 nitrogen and oxygen atoms in total. The van der Waals surface area contributed by atoms with Gasteiger partial charge in [-0.25, -0.2) is 16.8 Å². The summed E-state index contributed by atoms with van der Waals surface area (Å²) in [5.41, 5.74) is 2.09. The van der Waals surface area contributed by atoms with E-state index < -0.39 is 15.8 Å². The van der Waals surface area contributed by atoms with E-state index >= 15 is 0 Å². The first-order valence-corrected chi connectivity index (χ1v) is 8.61. The molecule has 0 amide bonds. The van der Waals surface area contributed by atoms with Crippen LogP contribution >= 0.6 is 0 Å². The second-order valence-electron chi connectivity index (χ2n) is 5.42. The molecule has 2 aromatic carbocycles. The van der Waals surface area contributed by atoms with Gasteiger partial charge in [0.15, 0.2) is 0 Å². The first-order chi connectivity index (χ1) is 10.9. The van der Waals surface area contributed by atoms with Gasteiger partial charge in [-0.1, -0.05) is 29.8 Å². The van der Waals surface area contributed by atoms with E-state index in [2.05, 4.69) is 0 Å². The van der Waals surface area contributed by atoms with Crippen molar-refractivity contribution in [2.75, 3.05) is 0 Å². The molecule has 0 saturated heterocycles. The Hall–Kier alpha value is -2.40. The fourth-order valence-corrected chi connectivity index (χ4v) is 4.08. The molecule has 0 spiro atoms. The molecule has 0 aliphatic rings. The number of aromatic nitrogens is 1. The molecule has 0 N–H and O–H groups in total. The first kappa shape index (κ1) is 15.5. The van der Waals surface area contributed by atoms with E-state index in [-0.39, 0.29) is 10.5 Å². The Bertz CT molecular complexity index is 957. The average Bonchev–Trinajstić information content (AvgIpc) is 2.90. The Kier molecular flexibility index (Phi) is 3.82. The number of aryl methyl sites for hydroxylation is 2. The van der Waals surface area contributed by atoms with Crippen LogP contribution in [0.25, 0.3) is 11.3 Å². The Morgan fingerprint density at radius 3 is 2.17 bits per heavy atom. The van der Waals surface area contributed by atoms with Gasteiger partial charge >= 0.3 is 0 Å². The lowest BCUT2D eigenvalue weighted by Crippen LogP contribution is -2.15. The lowest BCUT2D eigenvalue weighted by atomic mass is 10.1. The SMILES string of the molecule is Cc1ccc(S(=O)(=O)n2c(C)ccc2-c2ccccc2F)cc1. The van der Waals surface area contributed by atoms with Gasteiger partial charge in [0, 0.05) is 11.3 Å². The van der Waals surface area contributed by atoms with Crippen molar-refractivity contribution in [1.29, 1.82) is 0 Å². The minimum absolute atomic E-state index is 0.181. The van der Waals surface area contributed by atoms with Crippen molar-refractivity contribution in [2.24, 2.45) is 0 Å². The molecule has 0 fully saturated rings. The predicted octanol–water partition coefficient (Wildman–Crippen LogP) is 4.15. The van der Waals surface area contributed by atoms with E-state index in [4.69, 9.17) is 0 Å². The van der Waals surface area contributed by atoms with Crippen molar-refractivity contribution >= 4 is 10.0 Å². The standard InChI is InChI=1S/C18H16FNO2S/c1-13-7-10-15(11-8-13)23(21,22)20-14(2)9-12-18(20)16-5-3-4-6-17(16)19/h3-12H,1-2H3. The van der Waals surface area contributed by atoms with Crippen LogP contribution in [0.15, 0.2) is 65.6 Å². The highest BCUT2D eigenvalue weighted by atomic mass is 32.2. The van der Waals surface area contributed by atoms with Gasteiger partial charge in [-0.2, -0.15) is 0 Å². The molecule has 0 bridgehead atoms. The van der Waals surface area contributed by atoms with Crippen molar-refractivity contribution in [3.8, 4) is 11.3 Å². The van der Waals surface area contributed by atoms with Crippen LogP contribution in [0, 0.1) is 19.7 Å². The van der Waals surface area contributed by atoms with Crippen LogP contribution < -0.4 is 0 Å². The van der Waals surface area contributed by atoms with Gasteiger partial charge in [0.1, 0.15) is 5.82 Å². The van der Waals surface area contributed by atoms with Crippen LogP contribution in [0.3, 0.4) is 0 Å². The van der Waals surface area contributed by atoms with E-state index in [1.807, 2.05) is 6.92 Å². The molecule has 118 valence electrons. The molecule has 1 heterocycles. The second kappa shape index (κ2) is 5.66. The minimum Gasteiger partial charge on any atom is -0.238 e. The monoisotopic (exact) mass is 329 g/mol. The van der Waals surface area contributed by atoms with Crippen molar-refractivity contribution in [2.45, 2.75) is 18.7 Å². The highest BCUT2D eigenvalue weighted by molar-refractivity contribution is 7.90. The second-order valence-corrected chi connectivity index (χ2v) is 7.21. The summed E-state index contributed by atoms with van der Waals surface area (Å²) in [6, 6.07) is 16.1. The average molecular weight is 329 g/mol. The maximum absolute atomic E-state index is 14.1. The van der Waals surface area contributed by atoms with Gasteiger partial charge in [-0.3, -0.25) is 0 Å². The Morgan fingerprint density at radius 2 is 1.52 bits per heavy atom. The first-order valence-electron chi connectivity index (χ1n) is 7.17. The van der Waals surface area contributed by atoms with Gasteiger partial charge in [-0.05, 0) is 50.2 Å². The fourth-order valence-electron chi connectivity index (χ4n) is 2.53. The van der Waals surface area contributed by atoms with Crippen LogP contribution in [-0.2, 0) is 10.0 Å². The van der Waals surface area contributed by atoms with Crippen molar-refractivity contribution in [3.63, 3.8) is 0 Å². The topological polar surface area (TPSA) is 39.1 Å². The lowest BCUT2D eigenvalue weighted by Gasteiger charge is -2.13. The summed E-state index contributed by atoms with van der Waals surface area (Å²) in [4.78, 5) is 0.181. The number of benzene rings is 2. The molecule has 0 saturated carbocycles.